The second-order valence-electron chi connectivity index (χ2n) is 6.63. The molecule has 0 atom stereocenters. The third-order valence-electron chi connectivity index (χ3n) is 4.72. The van der Waals surface area contributed by atoms with Gasteiger partial charge in [0.15, 0.2) is 0 Å². The maximum atomic E-state index is 8.25. The monoisotopic (exact) mass is 652 g/mol. The Balaban J connectivity index is -0.000000311. The van der Waals surface area contributed by atoms with Crippen LogP contribution in [0.4, 0.5) is 0 Å². The predicted octanol–water partition coefficient (Wildman–Crippen LogP) is -1.59. The van der Waals surface area contributed by atoms with Crippen LogP contribution < -0.4 is 10.6 Å². The van der Waals surface area contributed by atoms with E-state index in [1.807, 2.05) is 0 Å². The molecule has 0 aromatic rings. The summed E-state index contributed by atoms with van der Waals surface area (Å²) in [7, 11) is 0. The summed E-state index contributed by atoms with van der Waals surface area (Å²) in [6.45, 7) is 0. The molecule has 31 heavy (non-hydrogen) atoms. The molecule has 4 N–H and O–H groups in total. The molecule has 4 aliphatic heterocycles. The maximum Gasteiger partial charge on any atom is 2.00 e. The van der Waals surface area contributed by atoms with Gasteiger partial charge in [-0.2, -0.15) is 0 Å². The predicted molar refractivity (Wildman–Crippen MR) is 103 cm³/mol. The second-order valence-corrected chi connectivity index (χ2v) is 6.63. The van der Waals surface area contributed by atoms with E-state index >= 15 is 0 Å². The molecule has 4 rings (SSSR count). The van der Waals surface area contributed by atoms with Gasteiger partial charge in [-0.25, -0.2) is 0 Å². The topological polar surface area (TPSA) is 298 Å². The fourth-order valence-corrected chi connectivity index (χ4v) is 3.83. The number of hydrogen-bond acceptors (Lipinski definition) is 12. The van der Waals surface area contributed by atoms with E-state index in [1.165, 1.54) is 51.4 Å². The van der Waals surface area contributed by atoms with Gasteiger partial charge in [0.2, 0.25) is 0 Å². The Bertz CT molecular complexity index is 422. The molecule has 0 spiro atoms. The Morgan fingerprint density at radius 3 is 0.548 bits per heavy atom. The van der Waals surface area contributed by atoms with Crippen molar-refractivity contribution in [2.24, 2.45) is 0 Å². The zero-order valence-electron chi connectivity index (χ0n) is 16.3. The van der Waals surface area contributed by atoms with Crippen LogP contribution in [0.15, 0.2) is 0 Å². The fraction of sp³-hybridized carbons (Fsp3) is 1.00. The van der Waals surface area contributed by atoms with Gasteiger partial charge in [0.1, 0.15) is 0 Å². The molecule has 4 heterocycles. The third-order valence-corrected chi connectivity index (χ3v) is 4.72. The number of quaternary nitrogens is 2. The van der Waals surface area contributed by atoms with Crippen molar-refractivity contribution in [2.75, 3.05) is 0 Å². The Hall–Kier alpha value is -2.36. The molecule has 19 heteroatoms. The summed E-state index contributed by atoms with van der Waals surface area (Å²) in [6.07, 6.45) is 12.0. The van der Waals surface area contributed by atoms with Crippen LogP contribution in [0.2, 0.25) is 0 Å². The van der Waals surface area contributed by atoms with Crippen LogP contribution in [0, 0.1) is 61.3 Å². The average molecular weight is 652 g/mol. The molecular formula is C12H24N6O12Pb. The molecule has 2 radical (unpaired) electrons. The van der Waals surface area contributed by atoms with Crippen molar-refractivity contribution in [2.45, 2.75) is 75.5 Å². The van der Waals surface area contributed by atoms with Crippen molar-refractivity contribution in [1.29, 1.82) is 0 Å². The third kappa shape index (κ3) is 27.6. The zero-order valence-corrected chi connectivity index (χ0v) is 20.2. The van der Waals surface area contributed by atoms with Crippen molar-refractivity contribution in [3.8, 4) is 0 Å². The minimum absolute atomic E-state index is 0. The first-order valence-corrected chi connectivity index (χ1v) is 8.79. The molecule has 4 saturated heterocycles. The SMILES string of the molecule is C1CC2CCC1[NH2+]2.C1CC2CCC1[NH2+]2.O=[N+]([O-])[O-].O=[N+]([O-])[O-].O=[N+]([O-])[O-].O=[N+]([O-])[O-].[Pb+2]. The maximum absolute atomic E-state index is 8.25. The standard InChI is InChI=1S/2C6H11N.4NO3.Pb/c2*1-2-6-4-3-5(1)7-6;4*2-1(3)4;/h2*5-7H,1-4H2;;;;;/q;;4*-1;+2/p+2. The second kappa shape index (κ2) is 19.6. The number of fused-ring (bicyclic) bond motifs is 4. The van der Waals surface area contributed by atoms with Crippen LogP contribution in [-0.2, 0) is 0 Å². The van der Waals surface area contributed by atoms with E-state index in [0.717, 1.165) is 24.2 Å². The van der Waals surface area contributed by atoms with Crippen molar-refractivity contribution in [1.82, 2.24) is 0 Å². The van der Waals surface area contributed by atoms with Crippen LogP contribution in [0.25, 0.3) is 0 Å². The smallest absolute Gasteiger partial charge is 0.356 e. The van der Waals surface area contributed by atoms with Crippen LogP contribution in [0.5, 0.6) is 0 Å². The molecule has 4 fully saturated rings. The summed E-state index contributed by atoms with van der Waals surface area (Å²) in [4.78, 5) is 33.0. The molecule has 18 nitrogen and oxygen atoms in total. The summed E-state index contributed by atoms with van der Waals surface area (Å²) in [5.41, 5.74) is 0. The van der Waals surface area contributed by atoms with E-state index < -0.39 is 20.3 Å². The Morgan fingerprint density at radius 2 is 0.516 bits per heavy atom. The van der Waals surface area contributed by atoms with E-state index in [1.54, 1.807) is 0 Å². The normalized spacial score (nSPS) is 24.8. The Labute approximate surface area is 195 Å². The average Bonchev–Trinajstić information content (AvgIpc) is 3.36. The van der Waals surface area contributed by atoms with Crippen LogP contribution >= 0.6 is 0 Å². The summed E-state index contributed by atoms with van der Waals surface area (Å²) < 4.78 is 0. The van der Waals surface area contributed by atoms with Gasteiger partial charge in [0, 0.05) is 51.4 Å². The van der Waals surface area contributed by atoms with Gasteiger partial charge >= 0.3 is 27.3 Å². The molecule has 0 saturated carbocycles. The molecule has 4 bridgehead atoms. The minimum atomic E-state index is -1.75. The molecule has 0 aromatic carbocycles. The van der Waals surface area contributed by atoms with E-state index in [0.29, 0.717) is 0 Å². The largest absolute Gasteiger partial charge is 2.00 e. The first-order valence-electron chi connectivity index (χ1n) is 8.79. The molecule has 0 unspecified atom stereocenters. The first-order chi connectivity index (χ1) is 13.8. The summed E-state index contributed by atoms with van der Waals surface area (Å²) >= 11 is 0. The quantitative estimate of drug-likeness (QED) is 0.170. The first kappa shape index (κ1) is 33.3. The zero-order chi connectivity index (χ0) is 23.7. The van der Waals surface area contributed by atoms with Gasteiger partial charge in [0.05, 0.1) is 44.5 Å². The van der Waals surface area contributed by atoms with Gasteiger partial charge < -0.3 is 71.9 Å². The number of hydrogen-bond donors (Lipinski definition) is 2. The summed E-state index contributed by atoms with van der Waals surface area (Å²) in [5.74, 6) is 0. The molecule has 0 aromatic heterocycles. The molecule has 0 amide bonds. The number of nitrogens with zero attached hydrogens (tertiary/aromatic N) is 4. The van der Waals surface area contributed by atoms with Gasteiger partial charge in [0.25, 0.3) is 0 Å². The van der Waals surface area contributed by atoms with E-state index in [4.69, 9.17) is 61.3 Å². The summed E-state index contributed by atoms with van der Waals surface area (Å²) in [6, 6.07) is 4.19. The van der Waals surface area contributed by atoms with E-state index in [-0.39, 0.29) is 27.3 Å². The Kier molecular flexibility index (Phi) is 21.0. The van der Waals surface area contributed by atoms with Gasteiger partial charge in [-0.05, 0) is 0 Å². The van der Waals surface area contributed by atoms with Crippen molar-refractivity contribution < 1.29 is 31.0 Å². The fourth-order valence-electron chi connectivity index (χ4n) is 3.83. The van der Waals surface area contributed by atoms with Crippen molar-refractivity contribution >= 4 is 27.3 Å². The molecular weight excluding hydrogens is 627 g/mol. The summed E-state index contributed by atoms with van der Waals surface area (Å²) in [5, 5.41) is 64.1. The van der Waals surface area contributed by atoms with Gasteiger partial charge in [-0.15, -0.1) is 0 Å². The minimum Gasteiger partial charge on any atom is -0.356 e. The van der Waals surface area contributed by atoms with E-state index in [9.17, 15) is 0 Å². The molecule has 178 valence electrons. The number of rotatable bonds is 0. The van der Waals surface area contributed by atoms with E-state index in [2.05, 4.69) is 10.6 Å². The van der Waals surface area contributed by atoms with Gasteiger partial charge in [-0.1, -0.05) is 0 Å². The number of nitrogens with two attached hydrogens (primary N) is 2. The Morgan fingerprint density at radius 1 is 0.419 bits per heavy atom. The molecule has 0 aliphatic carbocycles. The van der Waals surface area contributed by atoms with Crippen molar-refractivity contribution in [3.05, 3.63) is 61.3 Å². The molecule has 4 aliphatic rings. The van der Waals surface area contributed by atoms with Crippen LogP contribution in [0.1, 0.15) is 51.4 Å². The van der Waals surface area contributed by atoms with Gasteiger partial charge in [-0.3, -0.25) is 0 Å². The van der Waals surface area contributed by atoms with Crippen LogP contribution in [-0.4, -0.2) is 71.8 Å². The van der Waals surface area contributed by atoms with Crippen molar-refractivity contribution in [3.63, 3.8) is 0 Å². The van der Waals surface area contributed by atoms with Crippen LogP contribution in [0.3, 0.4) is 0 Å².